The van der Waals surface area contributed by atoms with E-state index in [1.807, 2.05) is 6.92 Å². The van der Waals surface area contributed by atoms with E-state index in [4.69, 9.17) is 4.74 Å². The molecule has 2 aromatic heterocycles. The van der Waals surface area contributed by atoms with Gasteiger partial charge in [-0.1, -0.05) is 17.7 Å². The van der Waals surface area contributed by atoms with Crippen molar-refractivity contribution in [3.63, 3.8) is 0 Å². The van der Waals surface area contributed by atoms with Crippen molar-refractivity contribution in [1.82, 2.24) is 8.96 Å². The van der Waals surface area contributed by atoms with Crippen LogP contribution < -0.4 is 0 Å². The van der Waals surface area contributed by atoms with Crippen molar-refractivity contribution in [2.24, 2.45) is 0 Å². The van der Waals surface area contributed by atoms with E-state index < -0.39 is 10.0 Å². The Hall–Kier alpha value is -1.70. The van der Waals surface area contributed by atoms with Gasteiger partial charge in [-0.05, 0) is 53.0 Å². The summed E-state index contributed by atoms with van der Waals surface area (Å²) in [6.07, 6.45) is 3.96. The molecule has 1 aromatic carbocycles. The Balaban J connectivity index is 2.21. The molecule has 0 aliphatic carbocycles. The Labute approximate surface area is 149 Å². The molecule has 0 N–H and O–H groups in total. The average molecular weight is 409 g/mol. The number of halogens is 1. The Morgan fingerprint density at radius 2 is 1.96 bits per heavy atom. The Kier molecular flexibility index (Phi) is 4.76. The molecule has 0 saturated carbocycles. The minimum absolute atomic E-state index is 0.260. The van der Waals surface area contributed by atoms with Crippen molar-refractivity contribution in [3.8, 4) is 0 Å². The molecule has 0 atom stereocenters. The first-order valence-electron chi connectivity index (χ1n) is 7.40. The SMILES string of the molecule is COCCc1cn(S(=O)(=O)c2ccc(C)cc2)c2cc(Br)ncc12. The van der Waals surface area contributed by atoms with E-state index in [1.54, 1.807) is 49.8 Å². The molecule has 7 heteroatoms. The molecule has 24 heavy (non-hydrogen) atoms. The van der Waals surface area contributed by atoms with Gasteiger partial charge in [-0.2, -0.15) is 0 Å². The summed E-state index contributed by atoms with van der Waals surface area (Å²) in [6, 6.07) is 8.56. The second-order valence-electron chi connectivity index (χ2n) is 5.54. The van der Waals surface area contributed by atoms with E-state index in [9.17, 15) is 8.42 Å². The van der Waals surface area contributed by atoms with Crippen LogP contribution in [0, 0.1) is 6.92 Å². The van der Waals surface area contributed by atoms with Gasteiger partial charge in [0.2, 0.25) is 0 Å². The number of ether oxygens (including phenoxy) is 1. The Morgan fingerprint density at radius 3 is 2.62 bits per heavy atom. The molecule has 3 rings (SSSR count). The van der Waals surface area contributed by atoms with Gasteiger partial charge in [0, 0.05) is 24.9 Å². The number of methoxy groups -OCH3 is 1. The van der Waals surface area contributed by atoms with Gasteiger partial charge < -0.3 is 4.74 Å². The first-order chi connectivity index (χ1) is 11.4. The zero-order valence-corrected chi connectivity index (χ0v) is 15.8. The summed E-state index contributed by atoms with van der Waals surface area (Å²) in [7, 11) is -2.05. The summed E-state index contributed by atoms with van der Waals surface area (Å²) in [6.45, 7) is 2.44. The molecule has 3 aromatic rings. The van der Waals surface area contributed by atoms with E-state index in [-0.39, 0.29) is 4.90 Å². The molecule has 0 fully saturated rings. The lowest BCUT2D eigenvalue weighted by Gasteiger charge is -2.08. The molecule has 0 aliphatic heterocycles. The van der Waals surface area contributed by atoms with Gasteiger partial charge in [0.05, 0.1) is 17.0 Å². The third-order valence-corrected chi connectivity index (χ3v) is 5.98. The van der Waals surface area contributed by atoms with E-state index in [1.165, 1.54) is 3.97 Å². The van der Waals surface area contributed by atoms with Crippen LogP contribution in [0.4, 0.5) is 0 Å². The van der Waals surface area contributed by atoms with Gasteiger partial charge in [0.15, 0.2) is 0 Å². The topological polar surface area (TPSA) is 61.2 Å². The number of nitrogens with zero attached hydrogens (tertiary/aromatic N) is 2. The van der Waals surface area contributed by atoms with Crippen molar-refractivity contribution in [1.29, 1.82) is 0 Å². The summed E-state index contributed by atoms with van der Waals surface area (Å²) in [4.78, 5) is 4.48. The highest BCUT2D eigenvalue weighted by atomic mass is 79.9. The third kappa shape index (κ3) is 3.11. The average Bonchev–Trinajstić information content (AvgIpc) is 2.91. The maximum atomic E-state index is 13.1. The minimum Gasteiger partial charge on any atom is -0.384 e. The molecular formula is C17H17BrN2O3S. The Morgan fingerprint density at radius 1 is 1.25 bits per heavy atom. The largest absolute Gasteiger partial charge is 0.384 e. The molecule has 0 amide bonds. The molecular weight excluding hydrogens is 392 g/mol. The van der Waals surface area contributed by atoms with Crippen LogP contribution >= 0.6 is 15.9 Å². The lowest BCUT2D eigenvalue weighted by molar-refractivity contribution is 0.202. The molecule has 0 spiro atoms. The van der Waals surface area contributed by atoms with Crippen LogP contribution in [-0.2, 0) is 21.2 Å². The van der Waals surface area contributed by atoms with Crippen LogP contribution in [0.2, 0.25) is 0 Å². The second-order valence-corrected chi connectivity index (χ2v) is 8.16. The zero-order valence-electron chi connectivity index (χ0n) is 13.4. The highest BCUT2D eigenvalue weighted by molar-refractivity contribution is 9.10. The maximum Gasteiger partial charge on any atom is 0.268 e. The van der Waals surface area contributed by atoms with Gasteiger partial charge >= 0.3 is 0 Å². The fourth-order valence-corrected chi connectivity index (χ4v) is 4.27. The molecule has 0 bridgehead atoms. The zero-order chi connectivity index (χ0) is 17.3. The summed E-state index contributed by atoms with van der Waals surface area (Å²) in [5, 5.41) is 0.811. The Bertz CT molecular complexity index is 979. The van der Waals surface area contributed by atoms with Gasteiger partial charge in [-0.3, -0.25) is 0 Å². The molecule has 0 radical (unpaired) electrons. The summed E-state index contributed by atoms with van der Waals surface area (Å²) >= 11 is 3.32. The number of fused-ring (bicyclic) bond motifs is 1. The summed E-state index contributed by atoms with van der Waals surface area (Å²) < 4.78 is 33.1. The van der Waals surface area contributed by atoms with Crippen molar-refractivity contribution in [2.45, 2.75) is 18.2 Å². The van der Waals surface area contributed by atoms with Crippen LogP contribution in [-0.4, -0.2) is 31.1 Å². The van der Waals surface area contributed by atoms with Gasteiger partial charge in [0.25, 0.3) is 10.0 Å². The van der Waals surface area contributed by atoms with Crippen molar-refractivity contribution in [3.05, 3.63) is 58.5 Å². The van der Waals surface area contributed by atoms with Crippen molar-refractivity contribution >= 4 is 36.9 Å². The highest BCUT2D eigenvalue weighted by Crippen LogP contribution is 2.27. The minimum atomic E-state index is -3.68. The number of aromatic nitrogens is 2. The molecule has 0 saturated heterocycles. The number of rotatable bonds is 5. The van der Waals surface area contributed by atoms with Crippen LogP contribution in [0.5, 0.6) is 0 Å². The quantitative estimate of drug-likeness (QED) is 0.605. The first kappa shape index (κ1) is 17.1. The first-order valence-corrected chi connectivity index (χ1v) is 9.63. The fourth-order valence-electron chi connectivity index (χ4n) is 2.56. The monoisotopic (exact) mass is 408 g/mol. The molecule has 126 valence electrons. The fraction of sp³-hybridized carbons (Fsp3) is 0.235. The lowest BCUT2D eigenvalue weighted by Crippen LogP contribution is -2.12. The highest BCUT2D eigenvalue weighted by Gasteiger charge is 2.21. The van der Waals surface area contributed by atoms with Crippen molar-refractivity contribution < 1.29 is 13.2 Å². The number of hydrogen-bond donors (Lipinski definition) is 0. The molecule has 5 nitrogen and oxygen atoms in total. The van der Waals surface area contributed by atoms with E-state index in [2.05, 4.69) is 20.9 Å². The standard InChI is InChI=1S/C17H17BrN2O3S/c1-12-3-5-14(6-4-12)24(21,22)20-11-13(7-8-23-2)15-10-19-17(18)9-16(15)20/h3-6,9-11H,7-8H2,1-2H3. The van der Waals surface area contributed by atoms with E-state index in [0.29, 0.717) is 23.1 Å². The van der Waals surface area contributed by atoms with Gasteiger partial charge in [0.1, 0.15) is 4.60 Å². The number of benzene rings is 1. The lowest BCUT2D eigenvalue weighted by atomic mass is 10.2. The maximum absolute atomic E-state index is 13.1. The molecule has 0 aliphatic rings. The normalized spacial score (nSPS) is 12.0. The predicted molar refractivity (Wildman–Crippen MR) is 96.8 cm³/mol. The molecule has 0 unspecified atom stereocenters. The van der Waals surface area contributed by atoms with Crippen LogP contribution in [0.1, 0.15) is 11.1 Å². The smallest absolute Gasteiger partial charge is 0.268 e. The van der Waals surface area contributed by atoms with E-state index in [0.717, 1.165) is 16.5 Å². The summed E-state index contributed by atoms with van der Waals surface area (Å²) in [5.41, 5.74) is 2.50. The van der Waals surface area contributed by atoms with Gasteiger partial charge in [-0.15, -0.1) is 0 Å². The number of hydrogen-bond acceptors (Lipinski definition) is 4. The van der Waals surface area contributed by atoms with Gasteiger partial charge in [-0.25, -0.2) is 17.4 Å². The number of pyridine rings is 1. The third-order valence-electron chi connectivity index (χ3n) is 3.86. The van der Waals surface area contributed by atoms with E-state index >= 15 is 0 Å². The predicted octanol–water partition coefficient (Wildman–Crippen LogP) is 3.53. The van der Waals surface area contributed by atoms with Crippen LogP contribution in [0.25, 0.3) is 10.9 Å². The summed E-state index contributed by atoms with van der Waals surface area (Å²) in [5.74, 6) is 0. The van der Waals surface area contributed by atoms with Crippen LogP contribution in [0.15, 0.2) is 52.2 Å². The second kappa shape index (κ2) is 6.66. The van der Waals surface area contributed by atoms with Crippen molar-refractivity contribution in [2.75, 3.05) is 13.7 Å². The van der Waals surface area contributed by atoms with Crippen LogP contribution in [0.3, 0.4) is 0 Å². The number of aryl methyl sites for hydroxylation is 1. The molecule has 2 heterocycles.